The molecule has 3 heteroatoms. The molecule has 0 saturated heterocycles. The van der Waals surface area contributed by atoms with Gasteiger partial charge in [0.05, 0.1) is 19.3 Å². The molecule has 0 bridgehead atoms. The first-order chi connectivity index (χ1) is 10.3. The van der Waals surface area contributed by atoms with E-state index >= 15 is 0 Å². The van der Waals surface area contributed by atoms with Crippen molar-refractivity contribution in [3.63, 3.8) is 0 Å². The fraction of sp³-hybridized carbons (Fsp3) is 0.333. The van der Waals surface area contributed by atoms with Gasteiger partial charge in [0.25, 0.3) is 0 Å². The van der Waals surface area contributed by atoms with Gasteiger partial charge in [-0.1, -0.05) is 36.4 Å². The standard InChI is InChI=1S/C18H20O3/c19-16(9-7-14-5-2-1-3-6-14)15-8-10-17-18(13-15)21-12-4-11-20-17/h1-3,5-6,8,10,13,16,19H,4,7,9,11-12H2. The van der Waals surface area contributed by atoms with Crippen LogP contribution in [-0.4, -0.2) is 18.3 Å². The molecule has 1 aliphatic rings. The van der Waals surface area contributed by atoms with Gasteiger partial charge in [0.2, 0.25) is 0 Å². The molecule has 0 spiro atoms. The van der Waals surface area contributed by atoms with Crippen molar-refractivity contribution < 1.29 is 14.6 Å². The molecule has 0 aliphatic carbocycles. The number of aliphatic hydroxyl groups excluding tert-OH is 1. The number of rotatable bonds is 4. The van der Waals surface area contributed by atoms with Gasteiger partial charge in [-0.25, -0.2) is 0 Å². The van der Waals surface area contributed by atoms with Gasteiger partial charge in [0.15, 0.2) is 11.5 Å². The first-order valence-corrected chi connectivity index (χ1v) is 7.44. The summed E-state index contributed by atoms with van der Waals surface area (Å²) in [6, 6.07) is 15.9. The smallest absolute Gasteiger partial charge is 0.161 e. The first-order valence-electron chi connectivity index (χ1n) is 7.44. The second-order valence-electron chi connectivity index (χ2n) is 5.30. The van der Waals surface area contributed by atoms with Gasteiger partial charge >= 0.3 is 0 Å². The zero-order chi connectivity index (χ0) is 14.5. The normalized spacial score (nSPS) is 15.3. The molecule has 1 atom stereocenters. The lowest BCUT2D eigenvalue weighted by Crippen LogP contribution is -2.01. The summed E-state index contributed by atoms with van der Waals surface area (Å²) in [5.41, 5.74) is 2.13. The highest BCUT2D eigenvalue weighted by atomic mass is 16.5. The van der Waals surface area contributed by atoms with E-state index in [1.165, 1.54) is 5.56 Å². The summed E-state index contributed by atoms with van der Waals surface area (Å²) in [5, 5.41) is 10.4. The number of hydrogen-bond donors (Lipinski definition) is 1. The molecule has 1 heterocycles. The summed E-state index contributed by atoms with van der Waals surface area (Å²) in [6.07, 6.45) is 1.96. The third-order valence-corrected chi connectivity index (χ3v) is 3.71. The molecule has 1 aliphatic heterocycles. The molecule has 3 nitrogen and oxygen atoms in total. The van der Waals surface area contributed by atoms with Crippen LogP contribution in [0.1, 0.15) is 30.1 Å². The quantitative estimate of drug-likeness (QED) is 0.933. The molecule has 1 unspecified atom stereocenters. The minimum absolute atomic E-state index is 0.484. The molecule has 3 rings (SSSR count). The minimum Gasteiger partial charge on any atom is -0.490 e. The third-order valence-electron chi connectivity index (χ3n) is 3.71. The molecule has 2 aromatic rings. The van der Waals surface area contributed by atoms with Crippen LogP contribution < -0.4 is 9.47 Å². The Bertz CT molecular complexity index is 580. The van der Waals surface area contributed by atoms with Gasteiger partial charge in [0.1, 0.15) is 0 Å². The average molecular weight is 284 g/mol. The Morgan fingerprint density at radius 1 is 0.952 bits per heavy atom. The van der Waals surface area contributed by atoms with E-state index in [-0.39, 0.29) is 0 Å². The maximum absolute atomic E-state index is 10.4. The lowest BCUT2D eigenvalue weighted by molar-refractivity contribution is 0.167. The Balaban J connectivity index is 1.67. The highest BCUT2D eigenvalue weighted by Crippen LogP contribution is 2.33. The van der Waals surface area contributed by atoms with E-state index in [4.69, 9.17) is 9.47 Å². The summed E-state index contributed by atoms with van der Waals surface area (Å²) in [4.78, 5) is 0. The molecule has 0 fully saturated rings. The zero-order valence-electron chi connectivity index (χ0n) is 12.0. The number of aryl methyl sites for hydroxylation is 1. The van der Waals surface area contributed by atoms with Crippen LogP contribution in [0.5, 0.6) is 11.5 Å². The Morgan fingerprint density at radius 3 is 2.52 bits per heavy atom. The number of hydrogen-bond acceptors (Lipinski definition) is 3. The van der Waals surface area contributed by atoms with Crippen molar-refractivity contribution >= 4 is 0 Å². The molecular weight excluding hydrogens is 264 g/mol. The topological polar surface area (TPSA) is 38.7 Å². The van der Waals surface area contributed by atoms with E-state index in [1.807, 2.05) is 36.4 Å². The molecular formula is C18H20O3. The van der Waals surface area contributed by atoms with E-state index in [1.54, 1.807) is 0 Å². The Morgan fingerprint density at radius 2 is 1.71 bits per heavy atom. The molecule has 0 aromatic heterocycles. The van der Waals surface area contributed by atoms with Crippen molar-refractivity contribution in [1.29, 1.82) is 0 Å². The molecule has 0 radical (unpaired) electrons. The first kappa shape index (κ1) is 14.0. The van der Waals surface area contributed by atoms with Crippen LogP contribution in [0, 0.1) is 0 Å². The van der Waals surface area contributed by atoms with Crippen molar-refractivity contribution in [3.05, 3.63) is 59.7 Å². The van der Waals surface area contributed by atoms with E-state index in [2.05, 4.69) is 12.1 Å². The summed E-state index contributed by atoms with van der Waals surface area (Å²) < 4.78 is 11.3. The van der Waals surface area contributed by atoms with Gasteiger partial charge in [-0.3, -0.25) is 0 Å². The predicted molar refractivity (Wildman–Crippen MR) is 81.8 cm³/mol. The second-order valence-corrected chi connectivity index (χ2v) is 5.30. The van der Waals surface area contributed by atoms with Crippen LogP contribution in [0.25, 0.3) is 0 Å². The summed E-state index contributed by atoms with van der Waals surface area (Å²) in [5.74, 6) is 1.51. The number of aliphatic hydroxyl groups is 1. The maximum atomic E-state index is 10.4. The van der Waals surface area contributed by atoms with Crippen molar-refractivity contribution in [3.8, 4) is 11.5 Å². The molecule has 0 amide bonds. The molecule has 1 N–H and O–H groups in total. The van der Waals surface area contributed by atoms with E-state index in [0.717, 1.165) is 29.9 Å². The zero-order valence-corrected chi connectivity index (χ0v) is 12.0. The summed E-state index contributed by atoms with van der Waals surface area (Å²) in [7, 11) is 0. The molecule has 0 saturated carbocycles. The van der Waals surface area contributed by atoms with Crippen LogP contribution in [0.15, 0.2) is 48.5 Å². The monoisotopic (exact) mass is 284 g/mol. The molecule has 21 heavy (non-hydrogen) atoms. The average Bonchev–Trinajstić information content (AvgIpc) is 2.78. The number of fused-ring (bicyclic) bond motifs is 1. The highest BCUT2D eigenvalue weighted by molar-refractivity contribution is 5.44. The lowest BCUT2D eigenvalue weighted by atomic mass is 10.0. The highest BCUT2D eigenvalue weighted by Gasteiger charge is 2.14. The van der Waals surface area contributed by atoms with Crippen molar-refractivity contribution in [2.75, 3.05) is 13.2 Å². The van der Waals surface area contributed by atoms with Gasteiger partial charge < -0.3 is 14.6 Å². The van der Waals surface area contributed by atoms with Crippen LogP contribution >= 0.6 is 0 Å². The van der Waals surface area contributed by atoms with E-state index in [0.29, 0.717) is 19.6 Å². The Labute approximate surface area is 125 Å². The van der Waals surface area contributed by atoms with Gasteiger partial charge in [-0.2, -0.15) is 0 Å². The lowest BCUT2D eigenvalue weighted by Gasteiger charge is -2.14. The second kappa shape index (κ2) is 6.64. The van der Waals surface area contributed by atoms with Crippen molar-refractivity contribution in [1.82, 2.24) is 0 Å². The summed E-state index contributed by atoms with van der Waals surface area (Å²) >= 11 is 0. The van der Waals surface area contributed by atoms with Gasteiger partial charge in [-0.15, -0.1) is 0 Å². The predicted octanol–water partition coefficient (Wildman–Crippen LogP) is 3.51. The third kappa shape index (κ3) is 3.56. The maximum Gasteiger partial charge on any atom is 0.161 e. The van der Waals surface area contributed by atoms with Gasteiger partial charge in [0, 0.05) is 6.42 Å². The van der Waals surface area contributed by atoms with E-state index in [9.17, 15) is 5.11 Å². The van der Waals surface area contributed by atoms with Gasteiger partial charge in [-0.05, 0) is 36.1 Å². The van der Waals surface area contributed by atoms with Crippen LogP contribution in [0.4, 0.5) is 0 Å². The van der Waals surface area contributed by atoms with Crippen LogP contribution in [0.3, 0.4) is 0 Å². The molecule has 110 valence electrons. The minimum atomic E-state index is -0.484. The largest absolute Gasteiger partial charge is 0.490 e. The Hall–Kier alpha value is -2.00. The van der Waals surface area contributed by atoms with Crippen molar-refractivity contribution in [2.45, 2.75) is 25.4 Å². The Kier molecular flexibility index (Phi) is 4.41. The fourth-order valence-corrected chi connectivity index (χ4v) is 2.50. The molecule has 2 aromatic carbocycles. The number of ether oxygens (including phenoxy) is 2. The SMILES string of the molecule is OC(CCc1ccccc1)c1ccc2c(c1)OCCCO2. The summed E-state index contributed by atoms with van der Waals surface area (Å²) in [6.45, 7) is 1.35. The van der Waals surface area contributed by atoms with Crippen LogP contribution in [-0.2, 0) is 6.42 Å². The van der Waals surface area contributed by atoms with Crippen LogP contribution in [0.2, 0.25) is 0 Å². The van der Waals surface area contributed by atoms with E-state index < -0.39 is 6.10 Å². The van der Waals surface area contributed by atoms with Crippen molar-refractivity contribution in [2.24, 2.45) is 0 Å². The number of benzene rings is 2. The fourth-order valence-electron chi connectivity index (χ4n) is 2.50.